The van der Waals surface area contributed by atoms with Gasteiger partial charge in [0.25, 0.3) is 0 Å². The van der Waals surface area contributed by atoms with Crippen molar-refractivity contribution in [1.29, 1.82) is 0 Å². The van der Waals surface area contributed by atoms with Crippen LogP contribution in [-0.4, -0.2) is 23.0 Å². The number of carboxylic acid groups (broad SMARTS) is 1. The van der Waals surface area contributed by atoms with Crippen molar-refractivity contribution >= 4 is 35.1 Å². The van der Waals surface area contributed by atoms with Gasteiger partial charge in [-0.15, -0.1) is 0 Å². The van der Waals surface area contributed by atoms with E-state index in [1.54, 1.807) is 6.92 Å². The Morgan fingerprint density at radius 2 is 1.70 bits per heavy atom. The molecule has 174 valence electrons. The molecule has 3 aliphatic rings. The van der Waals surface area contributed by atoms with Crippen LogP contribution in [0.4, 0.5) is 0 Å². The Balaban J connectivity index is 1.66. The highest BCUT2D eigenvalue weighted by molar-refractivity contribution is 6.30. The van der Waals surface area contributed by atoms with Crippen molar-refractivity contribution < 1.29 is 14.7 Å². The second-order valence-corrected chi connectivity index (χ2v) is 11.3. The third kappa shape index (κ3) is 4.06. The van der Waals surface area contributed by atoms with Gasteiger partial charge in [0.1, 0.15) is 0 Å². The second-order valence-electron chi connectivity index (χ2n) is 10.4. The van der Waals surface area contributed by atoms with E-state index < -0.39 is 11.4 Å². The highest BCUT2D eigenvalue weighted by Gasteiger charge is 2.63. The SMILES string of the molecule is C[C@@]1(CC(=O)O)C[C@H](c2cccc(Cl)c2)[C@@H](C(c2ccc(Cl)cc2)(C2CC2)C2CC2)NC1=O. The number of hydrogen-bond acceptors (Lipinski definition) is 2. The van der Waals surface area contributed by atoms with Crippen LogP contribution < -0.4 is 5.32 Å². The minimum Gasteiger partial charge on any atom is -0.481 e. The molecule has 0 bridgehead atoms. The Bertz CT molecular complexity index is 1070. The summed E-state index contributed by atoms with van der Waals surface area (Å²) in [5, 5.41) is 14.3. The normalized spacial score (nSPS) is 27.8. The molecule has 0 radical (unpaired) electrons. The minimum atomic E-state index is -0.978. The van der Waals surface area contributed by atoms with E-state index in [4.69, 9.17) is 23.2 Å². The average molecular weight is 486 g/mol. The molecule has 1 saturated heterocycles. The molecule has 5 rings (SSSR count). The van der Waals surface area contributed by atoms with E-state index in [1.807, 2.05) is 30.3 Å². The molecule has 1 aliphatic heterocycles. The first-order valence-corrected chi connectivity index (χ1v) is 12.5. The summed E-state index contributed by atoms with van der Waals surface area (Å²) in [6.07, 6.45) is 4.84. The zero-order valence-electron chi connectivity index (χ0n) is 18.7. The average Bonchev–Trinajstić information content (AvgIpc) is 3.66. The summed E-state index contributed by atoms with van der Waals surface area (Å²) in [4.78, 5) is 25.2. The third-order valence-electron chi connectivity index (χ3n) is 8.09. The van der Waals surface area contributed by atoms with E-state index in [-0.39, 0.29) is 29.7 Å². The molecule has 0 spiro atoms. The van der Waals surface area contributed by atoms with Gasteiger partial charge >= 0.3 is 5.97 Å². The predicted molar refractivity (Wildman–Crippen MR) is 130 cm³/mol. The third-order valence-corrected chi connectivity index (χ3v) is 8.58. The second kappa shape index (κ2) is 8.32. The molecule has 4 nitrogen and oxygen atoms in total. The first-order valence-electron chi connectivity index (χ1n) is 11.8. The van der Waals surface area contributed by atoms with Gasteiger partial charge in [-0.2, -0.15) is 0 Å². The zero-order chi connectivity index (χ0) is 23.4. The molecule has 0 aromatic heterocycles. The van der Waals surface area contributed by atoms with Gasteiger partial charge in [0, 0.05) is 27.4 Å². The van der Waals surface area contributed by atoms with Crippen LogP contribution in [0.15, 0.2) is 48.5 Å². The van der Waals surface area contributed by atoms with Gasteiger partial charge in [0.2, 0.25) is 5.91 Å². The quantitative estimate of drug-likeness (QED) is 0.490. The zero-order valence-corrected chi connectivity index (χ0v) is 20.2. The number of benzene rings is 2. The summed E-state index contributed by atoms with van der Waals surface area (Å²) < 4.78 is 0. The number of halogens is 2. The molecule has 2 aliphatic carbocycles. The van der Waals surface area contributed by atoms with Crippen LogP contribution in [0.5, 0.6) is 0 Å². The molecule has 33 heavy (non-hydrogen) atoms. The molecule has 3 fully saturated rings. The maximum Gasteiger partial charge on any atom is 0.304 e. The first-order chi connectivity index (χ1) is 15.7. The Morgan fingerprint density at radius 3 is 2.24 bits per heavy atom. The number of amides is 1. The van der Waals surface area contributed by atoms with Crippen LogP contribution in [0.1, 0.15) is 62.5 Å². The number of carbonyl (C=O) groups is 2. The largest absolute Gasteiger partial charge is 0.481 e. The lowest BCUT2D eigenvalue weighted by molar-refractivity contribution is -0.148. The highest BCUT2D eigenvalue weighted by atomic mass is 35.5. The summed E-state index contributed by atoms with van der Waals surface area (Å²) >= 11 is 12.6. The number of carbonyl (C=O) groups excluding carboxylic acids is 1. The van der Waals surface area contributed by atoms with Crippen LogP contribution in [0, 0.1) is 17.3 Å². The molecular weight excluding hydrogens is 457 g/mol. The number of carboxylic acids is 1. The van der Waals surface area contributed by atoms with Crippen molar-refractivity contribution in [3.63, 3.8) is 0 Å². The summed E-state index contributed by atoms with van der Waals surface area (Å²) in [6, 6.07) is 15.9. The van der Waals surface area contributed by atoms with Gasteiger partial charge in [0.05, 0.1) is 11.8 Å². The van der Waals surface area contributed by atoms with Crippen molar-refractivity contribution in [3.8, 4) is 0 Å². The van der Waals surface area contributed by atoms with E-state index in [0.717, 1.165) is 31.2 Å². The van der Waals surface area contributed by atoms with Gasteiger partial charge < -0.3 is 10.4 Å². The van der Waals surface area contributed by atoms with E-state index >= 15 is 0 Å². The van der Waals surface area contributed by atoms with Gasteiger partial charge in [-0.3, -0.25) is 9.59 Å². The minimum absolute atomic E-state index is 0.0392. The fraction of sp³-hybridized carbons (Fsp3) is 0.481. The van der Waals surface area contributed by atoms with Gasteiger partial charge in [-0.05, 0) is 79.3 Å². The molecular formula is C27H29Cl2NO3. The first kappa shape index (κ1) is 22.7. The van der Waals surface area contributed by atoms with Gasteiger partial charge in [-0.25, -0.2) is 0 Å². The van der Waals surface area contributed by atoms with Crippen molar-refractivity contribution in [2.24, 2.45) is 17.3 Å². The Kier molecular flexibility index (Phi) is 5.73. The summed E-state index contributed by atoms with van der Waals surface area (Å²) in [5.41, 5.74) is 1.12. The number of piperidine rings is 1. The Morgan fingerprint density at radius 1 is 1.06 bits per heavy atom. The van der Waals surface area contributed by atoms with E-state index in [0.29, 0.717) is 28.3 Å². The molecule has 2 aromatic rings. The fourth-order valence-electron chi connectivity index (χ4n) is 6.45. The predicted octanol–water partition coefficient (Wildman–Crippen LogP) is 6.20. The Hall–Kier alpha value is -2.04. The topological polar surface area (TPSA) is 66.4 Å². The summed E-state index contributed by atoms with van der Waals surface area (Å²) in [6.45, 7) is 1.78. The fourth-order valence-corrected chi connectivity index (χ4v) is 6.78. The number of nitrogens with one attached hydrogen (secondary N) is 1. The van der Waals surface area contributed by atoms with Crippen LogP contribution in [0.25, 0.3) is 0 Å². The molecule has 2 N–H and O–H groups in total. The summed E-state index contributed by atoms with van der Waals surface area (Å²) in [5.74, 6) is -0.177. The van der Waals surface area contributed by atoms with E-state index in [2.05, 4.69) is 23.5 Å². The Labute approximate surface area is 204 Å². The van der Waals surface area contributed by atoms with Crippen LogP contribution >= 0.6 is 23.2 Å². The molecule has 2 aromatic carbocycles. The lowest BCUT2D eigenvalue weighted by Crippen LogP contribution is -2.63. The van der Waals surface area contributed by atoms with Crippen molar-refractivity contribution in [2.75, 3.05) is 0 Å². The van der Waals surface area contributed by atoms with E-state index in [9.17, 15) is 14.7 Å². The molecule has 1 heterocycles. The number of rotatable bonds is 7. The standard InChI is InChI=1S/C27H29Cl2NO3/c1-26(15-23(31)32)14-22(16-3-2-4-21(29)13-16)24(30-25(26)33)27(17-5-6-17,18-7-8-18)19-9-11-20(28)12-10-19/h2-4,9-13,17-18,22,24H,5-8,14-15H2,1H3,(H,30,33)(H,31,32)/t22-,24+,26+/m1/s1. The monoisotopic (exact) mass is 485 g/mol. The van der Waals surface area contributed by atoms with Gasteiger partial charge in [-0.1, -0.05) is 54.4 Å². The van der Waals surface area contributed by atoms with Crippen LogP contribution in [0.2, 0.25) is 10.0 Å². The maximum atomic E-state index is 13.5. The molecule has 2 saturated carbocycles. The van der Waals surface area contributed by atoms with Crippen LogP contribution in [-0.2, 0) is 15.0 Å². The lowest BCUT2D eigenvalue weighted by Gasteiger charge is -2.52. The highest BCUT2D eigenvalue weighted by Crippen LogP contribution is 2.64. The molecule has 0 unspecified atom stereocenters. The smallest absolute Gasteiger partial charge is 0.304 e. The number of hydrogen-bond donors (Lipinski definition) is 2. The van der Waals surface area contributed by atoms with Crippen molar-refractivity contribution in [1.82, 2.24) is 5.32 Å². The van der Waals surface area contributed by atoms with Crippen LogP contribution in [0.3, 0.4) is 0 Å². The number of aliphatic carboxylic acids is 1. The van der Waals surface area contributed by atoms with Gasteiger partial charge in [0.15, 0.2) is 0 Å². The maximum absolute atomic E-state index is 13.5. The molecule has 6 heteroatoms. The van der Waals surface area contributed by atoms with E-state index in [1.165, 1.54) is 5.56 Å². The van der Waals surface area contributed by atoms with Crippen molar-refractivity contribution in [2.45, 2.75) is 62.8 Å². The molecule has 1 amide bonds. The molecule has 3 atom stereocenters. The lowest BCUT2D eigenvalue weighted by atomic mass is 9.57. The van der Waals surface area contributed by atoms with Crippen molar-refractivity contribution in [3.05, 3.63) is 69.7 Å². The summed E-state index contributed by atoms with van der Waals surface area (Å²) in [7, 11) is 0.